The second kappa shape index (κ2) is 9.73. The lowest BCUT2D eigenvalue weighted by molar-refractivity contribution is 0.393. The first kappa shape index (κ1) is 23.6. The fourth-order valence-electron chi connectivity index (χ4n) is 4.55. The van der Waals surface area contributed by atoms with Crippen molar-refractivity contribution in [2.75, 3.05) is 16.8 Å². The molecule has 1 aromatic heterocycles. The van der Waals surface area contributed by atoms with E-state index in [4.69, 9.17) is 11.1 Å². The Bertz CT molecular complexity index is 1140. The molecular formula is C28H32BrN3O. The highest BCUT2D eigenvalue weighted by molar-refractivity contribution is 9.09. The Morgan fingerprint density at radius 3 is 2.42 bits per heavy atom. The summed E-state index contributed by atoms with van der Waals surface area (Å²) in [7, 11) is 0. The molecule has 3 aromatic rings. The molecule has 4 rings (SSSR count). The molecule has 0 aliphatic heterocycles. The maximum absolute atomic E-state index is 7.58. The molecular weight excluding hydrogens is 474 g/mol. The van der Waals surface area contributed by atoms with Gasteiger partial charge in [-0.25, -0.2) is 6.57 Å². The molecule has 172 valence electrons. The maximum Gasteiger partial charge on any atom is 0.258 e. The number of hydrogen-bond acceptors (Lipinski definition) is 3. The van der Waals surface area contributed by atoms with Crippen molar-refractivity contribution in [2.24, 2.45) is 5.92 Å². The van der Waals surface area contributed by atoms with Crippen LogP contribution < -0.4 is 4.90 Å². The minimum absolute atomic E-state index is 0.271. The van der Waals surface area contributed by atoms with Gasteiger partial charge < -0.3 is 14.3 Å². The summed E-state index contributed by atoms with van der Waals surface area (Å²) in [4.78, 5) is 6.34. The van der Waals surface area contributed by atoms with Crippen molar-refractivity contribution < 1.29 is 4.52 Å². The van der Waals surface area contributed by atoms with Gasteiger partial charge in [-0.3, -0.25) is 0 Å². The third-order valence-corrected chi connectivity index (χ3v) is 7.38. The molecule has 1 aliphatic rings. The van der Waals surface area contributed by atoms with Crippen LogP contribution in [0, 0.1) is 33.3 Å². The molecule has 0 spiro atoms. The Morgan fingerprint density at radius 1 is 1.12 bits per heavy atom. The smallest absolute Gasteiger partial charge is 0.258 e. The van der Waals surface area contributed by atoms with Gasteiger partial charge in [0.15, 0.2) is 0 Å². The molecule has 1 heterocycles. The average Bonchev–Trinajstić information content (AvgIpc) is 3.54. The topological polar surface area (TPSA) is 33.6 Å². The summed E-state index contributed by atoms with van der Waals surface area (Å²) in [5.41, 5.74) is 7.61. The lowest BCUT2D eigenvalue weighted by atomic mass is 9.99. The fraction of sp³-hybridized carbons (Fsp3) is 0.429. The number of hydrogen-bond donors (Lipinski definition) is 0. The van der Waals surface area contributed by atoms with Crippen molar-refractivity contribution in [1.82, 2.24) is 5.16 Å². The molecule has 1 aliphatic carbocycles. The summed E-state index contributed by atoms with van der Waals surface area (Å²) < 4.78 is 5.44. The Labute approximate surface area is 205 Å². The van der Waals surface area contributed by atoms with Crippen molar-refractivity contribution in [3.8, 4) is 11.1 Å². The summed E-state index contributed by atoms with van der Waals surface area (Å²) in [5, 5.41) is 5.19. The van der Waals surface area contributed by atoms with E-state index in [2.05, 4.69) is 87.1 Å². The predicted octanol–water partition coefficient (Wildman–Crippen LogP) is 8.12. The van der Waals surface area contributed by atoms with E-state index in [1.54, 1.807) is 0 Å². The molecule has 2 aromatic carbocycles. The van der Waals surface area contributed by atoms with E-state index in [9.17, 15) is 0 Å². The number of anilines is 2. The maximum atomic E-state index is 7.58. The van der Waals surface area contributed by atoms with Gasteiger partial charge in [-0.05, 0) is 81.0 Å². The number of nitrogens with zero attached hydrogens (tertiary/aromatic N) is 3. The molecule has 0 bridgehead atoms. The molecule has 1 saturated carbocycles. The first-order valence-electron chi connectivity index (χ1n) is 11.7. The van der Waals surface area contributed by atoms with Gasteiger partial charge in [0.25, 0.3) is 5.54 Å². The van der Waals surface area contributed by atoms with Crippen LogP contribution in [0.1, 0.15) is 55.2 Å². The average molecular weight is 506 g/mol. The van der Waals surface area contributed by atoms with E-state index in [1.807, 2.05) is 13.8 Å². The standard InChI is InChI=1S/C28H32BrN3O/c1-19(12-16-29)13-17-32(25-10-8-24(9-11-25)28(30-5)14-15-28)26-18-23(7-6-20(26)2)27-21(3)31-33-22(27)4/h6-11,18-19H,12-17H2,1-4H3. The van der Waals surface area contributed by atoms with Gasteiger partial charge in [0, 0.05) is 47.2 Å². The Hall–Kier alpha value is -2.58. The molecule has 1 atom stereocenters. The third kappa shape index (κ3) is 4.87. The van der Waals surface area contributed by atoms with E-state index in [0.717, 1.165) is 59.3 Å². The zero-order valence-corrected chi connectivity index (χ0v) is 21.6. The zero-order chi connectivity index (χ0) is 23.6. The minimum Gasteiger partial charge on any atom is -0.361 e. The van der Waals surface area contributed by atoms with E-state index in [-0.39, 0.29) is 5.54 Å². The monoisotopic (exact) mass is 505 g/mol. The number of rotatable bonds is 9. The second-order valence-electron chi connectivity index (χ2n) is 9.41. The number of aryl methyl sites for hydroxylation is 3. The summed E-state index contributed by atoms with van der Waals surface area (Å²) in [6.45, 7) is 17.0. The number of halogens is 1. The highest BCUT2D eigenvalue weighted by Gasteiger charge is 2.52. The van der Waals surface area contributed by atoms with Gasteiger partial charge in [-0.2, -0.15) is 0 Å². The lowest BCUT2D eigenvalue weighted by Crippen LogP contribution is -2.21. The molecule has 0 radical (unpaired) electrons. The van der Waals surface area contributed by atoms with Crippen molar-refractivity contribution in [3.63, 3.8) is 0 Å². The minimum atomic E-state index is -0.271. The van der Waals surface area contributed by atoms with Gasteiger partial charge in [0.2, 0.25) is 0 Å². The first-order valence-corrected chi connectivity index (χ1v) is 12.9. The molecule has 0 N–H and O–H groups in total. The largest absolute Gasteiger partial charge is 0.361 e. The van der Waals surface area contributed by atoms with Crippen LogP contribution in [0.15, 0.2) is 47.0 Å². The summed E-state index contributed by atoms with van der Waals surface area (Å²) in [6, 6.07) is 15.3. The molecule has 0 saturated heterocycles. The first-order chi connectivity index (χ1) is 15.9. The Balaban J connectivity index is 1.72. The number of aromatic nitrogens is 1. The Kier molecular flexibility index (Phi) is 6.95. The quantitative estimate of drug-likeness (QED) is 0.217. The second-order valence-corrected chi connectivity index (χ2v) is 10.2. The van der Waals surface area contributed by atoms with Gasteiger partial charge >= 0.3 is 0 Å². The van der Waals surface area contributed by atoms with Crippen LogP contribution in [-0.2, 0) is 5.54 Å². The van der Waals surface area contributed by atoms with Crippen LogP contribution in [0.4, 0.5) is 11.4 Å². The molecule has 1 fully saturated rings. The van der Waals surface area contributed by atoms with E-state index >= 15 is 0 Å². The fourth-order valence-corrected chi connectivity index (χ4v) is 5.34. The van der Waals surface area contributed by atoms with Gasteiger partial charge in [-0.1, -0.05) is 40.1 Å². The normalized spacial score (nSPS) is 15.2. The number of benzene rings is 2. The van der Waals surface area contributed by atoms with Crippen molar-refractivity contribution >= 4 is 27.3 Å². The van der Waals surface area contributed by atoms with Crippen molar-refractivity contribution in [2.45, 2.75) is 58.9 Å². The predicted molar refractivity (Wildman–Crippen MR) is 139 cm³/mol. The molecule has 0 amide bonds. The van der Waals surface area contributed by atoms with E-state index in [1.165, 1.54) is 23.4 Å². The SMILES string of the molecule is [C-]#[N+]C1(c2ccc(N(CCC(C)CCBr)c3cc(-c4c(C)noc4C)ccc3C)cc2)CC1. The highest BCUT2D eigenvalue weighted by atomic mass is 79.9. The van der Waals surface area contributed by atoms with E-state index < -0.39 is 0 Å². The highest BCUT2D eigenvalue weighted by Crippen LogP contribution is 2.50. The van der Waals surface area contributed by atoms with E-state index in [0.29, 0.717) is 5.92 Å². The van der Waals surface area contributed by atoms with Crippen molar-refractivity contribution in [3.05, 3.63) is 76.5 Å². The van der Waals surface area contributed by atoms with Gasteiger partial charge in [0.05, 0.1) is 5.69 Å². The van der Waals surface area contributed by atoms with Crippen LogP contribution in [0.25, 0.3) is 16.0 Å². The van der Waals surface area contributed by atoms with Crippen LogP contribution in [0.5, 0.6) is 0 Å². The molecule has 4 nitrogen and oxygen atoms in total. The summed E-state index contributed by atoms with van der Waals surface area (Å²) in [6.07, 6.45) is 4.22. The number of alkyl halides is 1. The molecule has 33 heavy (non-hydrogen) atoms. The van der Waals surface area contributed by atoms with Crippen molar-refractivity contribution in [1.29, 1.82) is 0 Å². The zero-order valence-electron chi connectivity index (χ0n) is 20.0. The van der Waals surface area contributed by atoms with Gasteiger partial charge in [0.1, 0.15) is 5.76 Å². The van der Waals surface area contributed by atoms with Crippen LogP contribution in [-0.4, -0.2) is 17.0 Å². The Morgan fingerprint density at radius 2 is 1.85 bits per heavy atom. The third-order valence-electron chi connectivity index (χ3n) is 6.92. The summed E-state index contributed by atoms with van der Waals surface area (Å²) >= 11 is 3.59. The van der Waals surface area contributed by atoms with Crippen LogP contribution >= 0.6 is 15.9 Å². The summed E-state index contributed by atoms with van der Waals surface area (Å²) in [5.74, 6) is 1.48. The lowest BCUT2D eigenvalue weighted by Gasteiger charge is -2.29. The van der Waals surface area contributed by atoms with Crippen LogP contribution in [0.2, 0.25) is 0 Å². The van der Waals surface area contributed by atoms with Crippen LogP contribution in [0.3, 0.4) is 0 Å². The molecule has 5 heteroatoms. The molecule has 1 unspecified atom stereocenters. The van der Waals surface area contributed by atoms with Gasteiger partial charge in [-0.15, -0.1) is 0 Å².